The molecule has 0 aliphatic heterocycles. The van der Waals surface area contributed by atoms with Crippen LogP contribution in [0.4, 0.5) is 0 Å². The van der Waals surface area contributed by atoms with E-state index in [4.69, 9.17) is 5.73 Å². The molecule has 0 saturated carbocycles. The molecule has 0 radical (unpaired) electrons. The van der Waals surface area contributed by atoms with Gasteiger partial charge in [-0.3, -0.25) is 4.79 Å². The van der Waals surface area contributed by atoms with Gasteiger partial charge in [0.15, 0.2) is 5.78 Å². The van der Waals surface area contributed by atoms with Gasteiger partial charge in [-0.25, -0.2) is 4.68 Å². The first-order valence-electron chi connectivity index (χ1n) is 3.92. The Balaban J connectivity index is 2.79. The van der Waals surface area contributed by atoms with Crippen LogP contribution >= 0.6 is 0 Å². The largest absolute Gasteiger partial charge is 0.321 e. The van der Waals surface area contributed by atoms with Crippen LogP contribution in [0.2, 0.25) is 0 Å². The molecule has 0 aromatic carbocycles. The van der Waals surface area contributed by atoms with Crippen LogP contribution in [-0.2, 0) is 7.05 Å². The van der Waals surface area contributed by atoms with E-state index in [0.717, 1.165) is 0 Å². The second kappa shape index (κ2) is 3.95. The predicted octanol–water partition coefficient (Wildman–Crippen LogP) is -0.0988. The Hall–Kier alpha value is -1.49. The van der Waals surface area contributed by atoms with E-state index in [9.17, 15) is 4.79 Å². The molecule has 0 bridgehead atoms. The lowest BCUT2D eigenvalue weighted by atomic mass is 10.1. The average Bonchev–Trinajstić information content (AvgIpc) is 2.50. The molecule has 1 heterocycles. The lowest BCUT2D eigenvalue weighted by molar-refractivity contribution is 0.0953. The second-order valence-electron chi connectivity index (χ2n) is 2.74. The quantitative estimate of drug-likeness (QED) is 0.518. The van der Waals surface area contributed by atoms with E-state index < -0.39 is 6.04 Å². The number of ketones is 1. The van der Waals surface area contributed by atoms with E-state index in [1.165, 1.54) is 10.9 Å². The van der Waals surface area contributed by atoms with Gasteiger partial charge >= 0.3 is 0 Å². The van der Waals surface area contributed by atoms with Crippen LogP contribution in [0.1, 0.15) is 16.9 Å². The van der Waals surface area contributed by atoms with Gasteiger partial charge in [0, 0.05) is 7.05 Å². The number of nitrogens with two attached hydrogens (primary N) is 1. The van der Waals surface area contributed by atoms with Crippen molar-refractivity contribution in [2.24, 2.45) is 12.8 Å². The number of aryl methyl sites for hydroxylation is 1. The summed E-state index contributed by atoms with van der Waals surface area (Å²) >= 11 is 0. The van der Waals surface area contributed by atoms with Crippen molar-refractivity contribution in [3.63, 3.8) is 0 Å². The number of nitrogens with zero attached hydrogens (tertiary/aromatic N) is 3. The van der Waals surface area contributed by atoms with Crippen molar-refractivity contribution in [1.29, 1.82) is 0 Å². The van der Waals surface area contributed by atoms with Crippen molar-refractivity contribution in [1.82, 2.24) is 15.0 Å². The molecule has 0 aliphatic carbocycles. The first kappa shape index (κ1) is 9.60. The van der Waals surface area contributed by atoms with Crippen LogP contribution in [0.15, 0.2) is 18.9 Å². The van der Waals surface area contributed by atoms with Crippen LogP contribution in [0, 0.1) is 0 Å². The Bertz CT molecular complexity index is 318. The number of rotatable bonds is 4. The zero-order valence-corrected chi connectivity index (χ0v) is 7.47. The van der Waals surface area contributed by atoms with Gasteiger partial charge in [0.1, 0.15) is 5.69 Å². The lowest BCUT2D eigenvalue weighted by Gasteiger charge is -2.06. The van der Waals surface area contributed by atoms with E-state index in [1.807, 2.05) is 0 Å². The summed E-state index contributed by atoms with van der Waals surface area (Å²) in [5, 5.41) is 7.24. The van der Waals surface area contributed by atoms with Gasteiger partial charge in [-0.05, 0) is 6.42 Å². The van der Waals surface area contributed by atoms with Crippen LogP contribution in [-0.4, -0.2) is 26.8 Å². The van der Waals surface area contributed by atoms with Crippen LogP contribution in [0.25, 0.3) is 0 Å². The molecule has 0 spiro atoms. The fourth-order valence-corrected chi connectivity index (χ4v) is 0.989. The summed E-state index contributed by atoms with van der Waals surface area (Å²) in [6.07, 6.45) is 3.49. The third-order valence-corrected chi connectivity index (χ3v) is 1.72. The summed E-state index contributed by atoms with van der Waals surface area (Å²) in [6.45, 7) is 3.52. The smallest absolute Gasteiger partial charge is 0.199 e. The molecule has 0 fully saturated rings. The summed E-state index contributed by atoms with van der Waals surface area (Å²) in [7, 11) is 1.65. The molecule has 1 atom stereocenters. The van der Waals surface area contributed by atoms with Crippen molar-refractivity contribution in [3.05, 3.63) is 24.5 Å². The molecule has 0 saturated heterocycles. The maximum atomic E-state index is 11.5. The fraction of sp³-hybridized carbons (Fsp3) is 0.375. The van der Waals surface area contributed by atoms with Crippen molar-refractivity contribution in [2.75, 3.05) is 0 Å². The van der Waals surface area contributed by atoms with Crippen molar-refractivity contribution in [2.45, 2.75) is 12.5 Å². The van der Waals surface area contributed by atoms with Gasteiger partial charge in [0.05, 0.1) is 12.2 Å². The Morgan fingerprint density at radius 3 is 3.08 bits per heavy atom. The highest BCUT2D eigenvalue weighted by molar-refractivity contribution is 5.98. The van der Waals surface area contributed by atoms with Crippen molar-refractivity contribution < 1.29 is 4.79 Å². The summed E-state index contributed by atoms with van der Waals surface area (Å²) in [5.74, 6) is -0.160. The number of hydrogen-bond acceptors (Lipinski definition) is 4. The number of carbonyl (C=O) groups is 1. The lowest BCUT2D eigenvalue weighted by Crippen LogP contribution is -2.31. The molecular weight excluding hydrogens is 168 g/mol. The minimum atomic E-state index is -0.547. The third kappa shape index (κ3) is 2.00. The first-order valence-corrected chi connectivity index (χ1v) is 3.92. The standard InChI is InChI=1S/C8H12N4O/c1-3-4-6(9)8(13)7-5-10-11-12(7)2/h3,5-6H,1,4,9H2,2H3. The fourth-order valence-electron chi connectivity index (χ4n) is 0.989. The average molecular weight is 180 g/mol. The van der Waals surface area contributed by atoms with Crippen LogP contribution < -0.4 is 5.73 Å². The maximum Gasteiger partial charge on any atom is 0.199 e. The van der Waals surface area contributed by atoms with Gasteiger partial charge in [-0.15, -0.1) is 11.7 Å². The number of aromatic nitrogens is 3. The third-order valence-electron chi connectivity index (χ3n) is 1.72. The molecule has 1 rings (SSSR count). The van der Waals surface area contributed by atoms with E-state index in [-0.39, 0.29) is 5.78 Å². The Morgan fingerprint density at radius 1 is 1.92 bits per heavy atom. The molecule has 13 heavy (non-hydrogen) atoms. The van der Waals surface area contributed by atoms with Gasteiger partial charge in [0.25, 0.3) is 0 Å². The minimum Gasteiger partial charge on any atom is -0.321 e. The monoisotopic (exact) mass is 180 g/mol. The molecule has 5 heteroatoms. The van der Waals surface area contributed by atoms with Crippen molar-refractivity contribution in [3.8, 4) is 0 Å². The molecule has 70 valence electrons. The maximum absolute atomic E-state index is 11.5. The van der Waals surface area contributed by atoms with Gasteiger partial charge in [-0.1, -0.05) is 11.3 Å². The molecule has 2 N–H and O–H groups in total. The first-order chi connectivity index (χ1) is 6.16. The van der Waals surface area contributed by atoms with Crippen LogP contribution in [0.5, 0.6) is 0 Å². The Kier molecular flexibility index (Phi) is 2.92. The summed E-state index contributed by atoms with van der Waals surface area (Å²) in [5.41, 5.74) is 6.02. The molecule has 0 aliphatic rings. The Morgan fingerprint density at radius 2 is 2.62 bits per heavy atom. The van der Waals surface area contributed by atoms with Crippen LogP contribution in [0.3, 0.4) is 0 Å². The van der Waals surface area contributed by atoms with E-state index >= 15 is 0 Å². The summed E-state index contributed by atoms with van der Waals surface area (Å²) in [6, 6.07) is -0.547. The highest BCUT2D eigenvalue weighted by atomic mass is 16.1. The van der Waals surface area contributed by atoms with Gasteiger partial charge in [0.2, 0.25) is 0 Å². The van der Waals surface area contributed by atoms with E-state index in [2.05, 4.69) is 16.9 Å². The summed E-state index contributed by atoms with van der Waals surface area (Å²) in [4.78, 5) is 11.5. The topological polar surface area (TPSA) is 73.8 Å². The molecule has 1 unspecified atom stereocenters. The predicted molar refractivity (Wildman–Crippen MR) is 48.1 cm³/mol. The minimum absolute atomic E-state index is 0.160. The second-order valence-corrected chi connectivity index (χ2v) is 2.74. The summed E-state index contributed by atoms with van der Waals surface area (Å²) < 4.78 is 1.41. The zero-order chi connectivity index (χ0) is 9.84. The normalized spacial score (nSPS) is 12.5. The van der Waals surface area contributed by atoms with Crippen molar-refractivity contribution >= 4 is 5.78 Å². The Labute approximate surface area is 76.2 Å². The highest BCUT2D eigenvalue weighted by Crippen LogP contribution is 2.01. The zero-order valence-electron chi connectivity index (χ0n) is 7.47. The van der Waals surface area contributed by atoms with Gasteiger partial charge in [-0.2, -0.15) is 0 Å². The number of Topliss-reactive ketones (excluding diaryl/α,β-unsaturated/α-hetero) is 1. The van der Waals surface area contributed by atoms with Gasteiger partial charge < -0.3 is 5.73 Å². The van der Waals surface area contributed by atoms with E-state index in [0.29, 0.717) is 12.1 Å². The SMILES string of the molecule is C=CCC(N)C(=O)c1cnnn1C. The highest BCUT2D eigenvalue weighted by Gasteiger charge is 2.17. The molecular formula is C8H12N4O. The van der Waals surface area contributed by atoms with E-state index in [1.54, 1.807) is 13.1 Å². The molecule has 5 nitrogen and oxygen atoms in total. The number of carbonyl (C=O) groups excluding carboxylic acids is 1. The molecule has 1 aromatic rings. The molecule has 0 amide bonds. The number of hydrogen-bond donors (Lipinski definition) is 1. The molecule has 1 aromatic heterocycles.